The fraction of sp³-hybridized carbons (Fsp3) is 1.00. The molecular weight excluding hydrogens is 438 g/mol. The quantitative estimate of drug-likeness (QED) is 0.354. The van der Waals surface area contributed by atoms with Crippen LogP contribution in [-0.2, 0) is 0 Å². The van der Waals surface area contributed by atoms with Crippen molar-refractivity contribution in [3.05, 3.63) is 0 Å². The maximum Gasteiger partial charge on any atom is 0.0846 e. The van der Waals surface area contributed by atoms with Gasteiger partial charge in [-0.3, -0.25) is 0 Å². The van der Waals surface area contributed by atoms with Gasteiger partial charge in [-0.2, -0.15) is 11.8 Å². The molecule has 2 unspecified atom stereocenters. The molecule has 34 heavy (non-hydrogen) atoms. The molecule has 4 N–H and O–H groups in total. The van der Waals surface area contributed by atoms with Crippen LogP contribution in [0.3, 0.4) is 0 Å². The van der Waals surface area contributed by atoms with Gasteiger partial charge in [-0.25, -0.2) is 0 Å². The average Bonchev–Trinajstić information content (AvgIpc) is 3.12. The van der Waals surface area contributed by atoms with E-state index in [1.165, 1.54) is 44.9 Å². The summed E-state index contributed by atoms with van der Waals surface area (Å²) >= 11 is 1.90. The summed E-state index contributed by atoms with van der Waals surface area (Å²) in [6.07, 6.45) is 12.6. The maximum atomic E-state index is 12.3. The minimum atomic E-state index is -0.773. The number of hydrogen-bond donors (Lipinski definition) is 3. The van der Waals surface area contributed by atoms with Crippen LogP contribution in [0.2, 0.25) is 0 Å². The molecule has 0 bridgehead atoms. The molecule has 10 atom stereocenters. The molecule has 0 aliphatic heterocycles. The Balaban J connectivity index is 1.62. The van der Waals surface area contributed by atoms with Gasteiger partial charge in [0.25, 0.3) is 0 Å². The third kappa shape index (κ3) is 4.23. The molecule has 0 aromatic carbocycles. The van der Waals surface area contributed by atoms with Gasteiger partial charge in [-0.15, -0.1) is 0 Å². The van der Waals surface area contributed by atoms with Crippen LogP contribution in [0, 0.1) is 45.8 Å². The van der Waals surface area contributed by atoms with E-state index in [2.05, 4.69) is 41.5 Å². The van der Waals surface area contributed by atoms with Crippen molar-refractivity contribution in [2.75, 3.05) is 12.3 Å². The van der Waals surface area contributed by atoms with Crippen molar-refractivity contribution in [1.29, 1.82) is 0 Å². The van der Waals surface area contributed by atoms with Crippen molar-refractivity contribution in [3.8, 4) is 0 Å². The molecule has 0 spiro atoms. The predicted molar refractivity (Wildman–Crippen MR) is 146 cm³/mol. The molecule has 0 heterocycles. The Labute approximate surface area is 214 Å². The maximum absolute atomic E-state index is 12.3. The van der Waals surface area contributed by atoms with Gasteiger partial charge in [0.2, 0.25) is 0 Å². The van der Waals surface area contributed by atoms with Gasteiger partial charge in [0.05, 0.1) is 11.7 Å². The summed E-state index contributed by atoms with van der Waals surface area (Å²) < 4.78 is 0. The Bertz CT molecular complexity index is 716. The van der Waals surface area contributed by atoms with Crippen molar-refractivity contribution in [2.45, 2.75) is 129 Å². The Hall–Kier alpha value is 0.230. The van der Waals surface area contributed by atoms with Crippen LogP contribution in [-0.4, -0.2) is 39.5 Å². The van der Waals surface area contributed by atoms with Crippen molar-refractivity contribution in [2.24, 2.45) is 51.6 Å². The van der Waals surface area contributed by atoms with E-state index in [0.717, 1.165) is 48.7 Å². The molecule has 4 aliphatic rings. The molecule has 3 nitrogen and oxygen atoms in total. The molecule has 0 aromatic heterocycles. The van der Waals surface area contributed by atoms with E-state index in [1.807, 2.05) is 11.8 Å². The predicted octanol–water partition coefficient (Wildman–Crippen LogP) is 6.64. The molecule has 4 aliphatic carbocycles. The number of thioether (sulfide) groups is 1. The van der Waals surface area contributed by atoms with Crippen molar-refractivity contribution in [1.82, 2.24) is 0 Å². The first kappa shape index (κ1) is 27.3. The molecule has 4 saturated carbocycles. The Morgan fingerprint density at radius 2 is 1.65 bits per heavy atom. The van der Waals surface area contributed by atoms with Crippen LogP contribution < -0.4 is 5.73 Å². The second-order valence-electron chi connectivity index (χ2n) is 14.2. The summed E-state index contributed by atoms with van der Waals surface area (Å²) in [5.41, 5.74) is 5.78. The van der Waals surface area contributed by atoms with Crippen LogP contribution in [0.25, 0.3) is 0 Å². The molecule has 198 valence electrons. The topological polar surface area (TPSA) is 66.5 Å². The summed E-state index contributed by atoms with van der Waals surface area (Å²) in [4.78, 5) is 0. The SMILES string of the molecule is CC(C)CCC[C@@H](C)[C@H]1CC[C@@H]2[C@]1(C)CC[C@H]1[C@@]2(C)CC(SCCN)C2(O)C[C@@H](O)CC[C@]12C. The van der Waals surface area contributed by atoms with E-state index < -0.39 is 5.60 Å². The zero-order valence-corrected chi connectivity index (χ0v) is 23.9. The average molecular weight is 494 g/mol. The second-order valence-corrected chi connectivity index (χ2v) is 15.5. The first-order valence-corrected chi connectivity index (χ1v) is 15.7. The third-order valence-electron chi connectivity index (χ3n) is 12.0. The van der Waals surface area contributed by atoms with E-state index in [-0.39, 0.29) is 22.2 Å². The van der Waals surface area contributed by atoms with Gasteiger partial charge in [0, 0.05) is 29.4 Å². The number of fused-ring (bicyclic) bond motifs is 5. The summed E-state index contributed by atoms with van der Waals surface area (Å²) in [7, 11) is 0. The van der Waals surface area contributed by atoms with Crippen LogP contribution >= 0.6 is 11.8 Å². The molecule has 0 aromatic rings. The lowest BCUT2D eigenvalue weighted by Gasteiger charge is -2.70. The van der Waals surface area contributed by atoms with Crippen LogP contribution in [0.4, 0.5) is 0 Å². The second kappa shape index (κ2) is 9.84. The number of aliphatic hydroxyl groups is 2. The zero-order chi connectivity index (χ0) is 24.9. The number of hydrogen-bond acceptors (Lipinski definition) is 4. The number of rotatable bonds is 8. The summed E-state index contributed by atoms with van der Waals surface area (Å²) in [6.45, 7) is 15.6. The monoisotopic (exact) mass is 493 g/mol. The van der Waals surface area contributed by atoms with E-state index in [9.17, 15) is 10.2 Å². The summed E-state index contributed by atoms with van der Waals surface area (Å²) in [6, 6.07) is 0. The highest BCUT2D eigenvalue weighted by Crippen LogP contribution is 2.74. The Morgan fingerprint density at radius 3 is 2.32 bits per heavy atom. The molecule has 4 fully saturated rings. The van der Waals surface area contributed by atoms with Gasteiger partial charge in [0.1, 0.15) is 0 Å². The summed E-state index contributed by atoms with van der Waals surface area (Å²) in [5, 5.41) is 23.1. The van der Waals surface area contributed by atoms with Gasteiger partial charge in [0.15, 0.2) is 0 Å². The zero-order valence-electron chi connectivity index (χ0n) is 23.1. The minimum Gasteiger partial charge on any atom is -0.393 e. The Kier molecular flexibility index (Phi) is 7.89. The molecule has 4 heteroatoms. The first-order valence-electron chi connectivity index (χ1n) is 14.6. The molecular formula is C30H55NO2S. The van der Waals surface area contributed by atoms with E-state index in [1.54, 1.807) is 0 Å². The van der Waals surface area contributed by atoms with E-state index >= 15 is 0 Å². The van der Waals surface area contributed by atoms with Gasteiger partial charge in [-0.05, 0) is 85.4 Å². The fourth-order valence-electron chi connectivity index (χ4n) is 10.4. The number of nitrogens with two attached hydrogens (primary N) is 1. The molecule has 0 radical (unpaired) electrons. The first-order chi connectivity index (χ1) is 15.9. The van der Waals surface area contributed by atoms with E-state index in [4.69, 9.17) is 5.73 Å². The van der Waals surface area contributed by atoms with Crippen LogP contribution in [0.5, 0.6) is 0 Å². The molecule has 0 amide bonds. The minimum absolute atomic E-state index is 0.103. The smallest absolute Gasteiger partial charge is 0.0846 e. The van der Waals surface area contributed by atoms with Gasteiger partial charge in [-0.1, -0.05) is 60.8 Å². The van der Waals surface area contributed by atoms with Crippen molar-refractivity contribution in [3.63, 3.8) is 0 Å². The largest absolute Gasteiger partial charge is 0.393 e. The van der Waals surface area contributed by atoms with Crippen LogP contribution in [0.1, 0.15) is 112 Å². The lowest BCUT2D eigenvalue weighted by molar-refractivity contribution is -0.243. The highest BCUT2D eigenvalue weighted by molar-refractivity contribution is 8.00. The van der Waals surface area contributed by atoms with Crippen LogP contribution in [0.15, 0.2) is 0 Å². The Morgan fingerprint density at radius 1 is 0.912 bits per heavy atom. The standard InChI is InChI=1S/C30H55NO2S/c1-20(2)8-7-9-21(3)23-10-11-24-27(23,4)14-13-25-28(24,5)19-26(34-17-16-31)30(33)18-22(32)12-15-29(25,30)6/h20-26,32-33H,7-19,31H2,1-6H3/t21-,22+,23-,24-,25+,26?,27-,28+,29-,30?/m1/s1. The summed E-state index contributed by atoms with van der Waals surface area (Å²) in [5.74, 6) is 4.69. The highest BCUT2D eigenvalue weighted by atomic mass is 32.2. The fourth-order valence-corrected chi connectivity index (χ4v) is 11.9. The van der Waals surface area contributed by atoms with Gasteiger partial charge < -0.3 is 15.9 Å². The lowest BCUT2D eigenvalue weighted by Crippen LogP contribution is -2.70. The lowest BCUT2D eigenvalue weighted by atomic mass is 9.38. The molecule has 4 rings (SSSR count). The van der Waals surface area contributed by atoms with Crippen molar-refractivity contribution >= 4 is 11.8 Å². The van der Waals surface area contributed by atoms with E-state index in [0.29, 0.717) is 24.3 Å². The highest BCUT2D eigenvalue weighted by Gasteiger charge is 2.71. The van der Waals surface area contributed by atoms with Crippen molar-refractivity contribution < 1.29 is 10.2 Å². The normalized spacial score (nSPS) is 49.4. The van der Waals surface area contributed by atoms with Gasteiger partial charge >= 0.3 is 0 Å². The molecule has 0 saturated heterocycles. The third-order valence-corrected chi connectivity index (χ3v) is 13.4. The number of aliphatic hydroxyl groups excluding tert-OH is 1.